The summed E-state index contributed by atoms with van der Waals surface area (Å²) < 4.78 is 38.7. The van der Waals surface area contributed by atoms with Gasteiger partial charge in [-0.25, -0.2) is 0 Å². The van der Waals surface area contributed by atoms with E-state index in [1.807, 2.05) is 48.5 Å². The second-order valence-electron chi connectivity index (χ2n) is 7.90. The second-order valence-corrected chi connectivity index (χ2v) is 9.04. The summed E-state index contributed by atoms with van der Waals surface area (Å²) in [6.07, 6.45) is -4.36. The molecule has 3 aromatic rings. The molecule has 3 rings (SSSR count). The van der Waals surface area contributed by atoms with E-state index in [1.165, 1.54) is 23.9 Å². The first-order valence-electron chi connectivity index (χ1n) is 10.3. The summed E-state index contributed by atoms with van der Waals surface area (Å²) in [5, 5.41) is 3.96. The van der Waals surface area contributed by atoms with Crippen molar-refractivity contribution in [3.05, 3.63) is 107 Å². The van der Waals surface area contributed by atoms with Gasteiger partial charge in [-0.1, -0.05) is 93.7 Å². The molecular formula is C26H29F3N2S. The summed E-state index contributed by atoms with van der Waals surface area (Å²) >= 11 is 1.38. The zero-order chi connectivity index (χ0) is 23.7. The molecular weight excluding hydrogens is 429 g/mol. The average molecular weight is 459 g/mol. The van der Waals surface area contributed by atoms with Gasteiger partial charge in [0.2, 0.25) is 0 Å². The van der Waals surface area contributed by atoms with Crippen molar-refractivity contribution in [2.45, 2.75) is 37.9 Å². The van der Waals surface area contributed by atoms with E-state index in [0.717, 1.165) is 28.5 Å². The van der Waals surface area contributed by atoms with E-state index in [4.69, 9.17) is 5.73 Å². The summed E-state index contributed by atoms with van der Waals surface area (Å²) in [6, 6.07) is 21.8. The van der Waals surface area contributed by atoms with Gasteiger partial charge in [-0.3, -0.25) is 0 Å². The largest absolute Gasteiger partial charge is 0.416 e. The summed E-state index contributed by atoms with van der Waals surface area (Å²) in [5.41, 5.74) is 7.58. The van der Waals surface area contributed by atoms with Crippen molar-refractivity contribution in [3.63, 3.8) is 0 Å². The molecule has 0 aliphatic heterocycles. The Morgan fingerprint density at radius 1 is 0.844 bits per heavy atom. The summed E-state index contributed by atoms with van der Waals surface area (Å²) in [6.45, 7) is 10.6. The Labute approximate surface area is 192 Å². The van der Waals surface area contributed by atoms with Crippen LogP contribution in [0.1, 0.15) is 43.5 Å². The van der Waals surface area contributed by atoms with E-state index in [2.05, 4.69) is 32.7 Å². The van der Waals surface area contributed by atoms with Crippen molar-refractivity contribution in [1.82, 2.24) is 5.32 Å². The quantitative estimate of drug-likeness (QED) is 0.291. The molecule has 0 aromatic heterocycles. The second kappa shape index (κ2) is 11.7. The molecule has 0 saturated heterocycles. The van der Waals surface area contributed by atoms with Crippen molar-refractivity contribution >= 4 is 17.4 Å². The molecule has 0 saturated carbocycles. The molecule has 2 nitrogen and oxygen atoms in total. The van der Waals surface area contributed by atoms with Crippen LogP contribution in [0.3, 0.4) is 0 Å². The molecule has 0 spiro atoms. The van der Waals surface area contributed by atoms with Gasteiger partial charge in [0.05, 0.1) is 16.6 Å². The lowest BCUT2D eigenvalue weighted by molar-refractivity contribution is -0.137. The maximum Gasteiger partial charge on any atom is 0.416 e. The number of hydrogen-bond donors (Lipinski definition) is 2. The van der Waals surface area contributed by atoms with E-state index in [0.29, 0.717) is 16.3 Å². The number of anilines is 1. The molecule has 32 heavy (non-hydrogen) atoms. The Morgan fingerprint density at radius 3 is 1.88 bits per heavy atom. The molecule has 0 heterocycles. The smallest absolute Gasteiger partial charge is 0.398 e. The van der Waals surface area contributed by atoms with Crippen molar-refractivity contribution in [1.29, 1.82) is 0 Å². The molecule has 0 aliphatic carbocycles. The van der Waals surface area contributed by atoms with Crippen LogP contribution in [-0.2, 0) is 6.18 Å². The maximum absolute atomic E-state index is 12.9. The Hall–Kier alpha value is -2.86. The number of benzene rings is 3. The molecule has 0 fully saturated rings. The van der Waals surface area contributed by atoms with Gasteiger partial charge >= 0.3 is 6.18 Å². The Balaban J connectivity index is 0.000000837. The SMILES string of the molecule is C=C(NC(c1ccccc1)c1ccc(C(F)(F)F)cc1)Sc1ccccc1N.CC(C)C. The first-order valence-corrected chi connectivity index (χ1v) is 11.1. The van der Waals surface area contributed by atoms with E-state index in [9.17, 15) is 13.2 Å². The highest BCUT2D eigenvalue weighted by Gasteiger charge is 2.30. The van der Waals surface area contributed by atoms with Gasteiger partial charge in [0.15, 0.2) is 0 Å². The molecule has 1 unspecified atom stereocenters. The fourth-order valence-electron chi connectivity index (χ4n) is 2.77. The highest BCUT2D eigenvalue weighted by atomic mass is 32.2. The number of nitrogens with two attached hydrogens (primary N) is 1. The number of halogens is 3. The minimum Gasteiger partial charge on any atom is -0.398 e. The van der Waals surface area contributed by atoms with Crippen LogP contribution in [0.25, 0.3) is 0 Å². The first-order chi connectivity index (χ1) is 15.1. The van der Waals surface area contributed by atoms with E-state index < -0.39 is 11.7 Å². The van der Waals surface area contributed by atoms with Crippen LogP contribution in [-0.4, -0.2) is 0 Å². The lowest BCUT2D eigenvalue weighted by atomic mass is 9.98. The number of rotatable bonds is 6. The predicted octanol–water partition coefficient (Wildman–Crippen LogP) is 7.89. The van der Waals surface area contributed by atoms with Gasteiger partial charge in [0.25, 0.3) is 0 Å². The number of alkyl halides is 3. The standard InChI is InChI=1S/C22H19F3N2S.C4H10/c1-15(28-20-10-6-5-9-19(20)26)27-21(16-7-3-2-4-8-16)17-11-13-18(14-12-17)22(23,24)25;1-4(2)3/h2-14,21,27H,1,26H2;4H,1-3H3. The monoisotopic (exact) mass is 458 g/mol. The lowest BCUT2D eigenvalue weighted by Gasteiger charge is -2.23. The summed E-state index contributed by atoms with van der Waals surface area (Å²) in [5.74, 6) is 0.833. The minimum absolute atomic E-state index is 0.339. The number of para-hydroxylation sites is 1. The van der Waals surface area contributed by atoms with Gasteiger partial charge in [-0.05, 0) is 41.3 Å². The molecule has 170 valence electrons. The normalized spacial score (nSPS) is 12.0. The summed E-state index contributed by atoms with van der Waals surface area (Å²) in [7, 11) is 0. The Kier molecular flexibility index (Phi) is 9.27. The molecule has 3 aromatic carbocycles. The minimum atomic E-state index is -4.36. The van der Waals surface area contributed by atoms with Crippen molar-refractivity contribution in [2.24, 2.45) is 5.92 Å². The molecule has 0 bridgehead atoms. The molecule has 6 heteroatoms. The van der Waals surface area contributed by atoms with Gasteiger partial charge < -0.3 is 11.1 Å². The number of nitrogen functional groups attached to an aromatic ring is 1. The van der Waals surface area contributed by atoms with Crippen LogP contribution in [0, 0.1) is 5.92 Å². The Morgan fingerprint density at radius 2 is 1.34 bits per heavy atom. The number of hydrogen-bond acceptors (Lipinski definition) is 3. The zero-order valence-electron chi connectivity index (χ0n) is 18.5. The van der Waals surface area contributed by atoms with Gasteiger partial charge in [-0.15, -0.1) is 0 Å². The maximum atomic E-state index is 12.9. The van der Waals surface area contributed by atoms with Gasteiger partial charge in [0, 0.05) is 10.6 Å². The third kappa shape index (κ3) is 8.00. The first kappa shape index (κ1) is 25.4. The Bertz CT molecular complexity index is 981. The van der Waals surface area contributed by atoms with Crippen LogP contribution < -0.4 is 11.1 Å². The fraction of sp³-hybridized carbons (Fsp3) is 0.231. The van der Waals surface area contributed by atoms with Crippen LogP contribution in [0.15, 0.2) is 95.4 Å². The van der Waals surface area contributed by atoms with E-state index in [1.54, 1.807) is 6.07 Å². The highest BCUT2D eigenvalue weighted by Crippen LogP contribution is 2.34. The molecule has 3 N–H and O–H groups in total. The van der Waals surface area contributed by atoms with Crippen LogP contribution >= 0.6 is 11.8 Å². The van der Waals surface area contributed by atoms with Crippen LogP contribution in [0.2, 0.25) is 0 Å². The van der Waals surface area contributed by atoms with E-state index >= 15 is 0 Å². The van der Waals surface area contributed by atoms with Gasteiger partial charge in [-0.2, -0.15) is 13.2 Å². The van der Waals surface area contributed by atoms with Crippen LogP contribution in [0.5, 0.6) is 0 Å². The highest BCUT2D eigenvalue weighted by molar-refractivity contribution is 8.03. The zero-order valence-corrected chi connectivity index (χ0v) is 19.3. The molecule has 0 radical (unpaired) electrons. The number of nitrogens with one attached hydrogen (secondary N) is 1. The van der Waals surface area contributed by atoms with E-state index in [-0.39, 0.29) is 6.04 Å². The lowest BCUT2D eigenvalue weighted by Crippen LogP contribution is -2.20. The van der Waals surface area contributed by atoms with Crippen molar-refractivity contribution < 1.29 is 13.2 Å². The third-order valence-electron chi connectivity index (χ3n) is 4.16. The topological polar surface area (TPSA) is 38.0 Å². The third-order valence-corrected chi connectivity index (χ3v) is 5.12. The average Bonchev–Trinajstić information content (AvgIpc) is 2.73. The molecule has 0 aliphatic rings. The van der Waals surface area contributed by atoms with Gasteiger partial charge in [0.1, 0.15) is 0 Å². The van der Waals surface area contributed by atoms with Crippen molar-refractivity contribution in [2.75, 3.05) is 5.73 Å². The fourth-order valence-corrected chi connectivity index (χ4v) is 3.54. The summed E-state index contributed by atoms with van der Waals surface area (Å²) in [4.78, 5) is 0.860. The van der Waals surface area contributed by atoms with Crippen molar-refractivity contribution in [3.8, 4) is 0 Å². The number of thioether (sulfide) groups is 1. The molecule has 1 atom stereocenters. The molecule has 0 amide bonds. The predicted molar refractivity (Wildman–Crippen MR) is 129 cm³/mol. The van der Waals surface area contributed by atoms with Crippen LogP contribution in [0.4, 0.5) is 18.9 Å².